The van der Waals surface area contributed by atoms with Gasteiger partial charge in [-0.25, -0.2) is 0 Å². The lowest BCUT2D eigenvalue weighted by atomic mass is 10.0. The van der Waals surface area contributed by atoms with Gasteiger partial charge in [0.2, 0.25) is 0 Å². The minimum Gasteiger partial charge on any atom is -0.396 e. The van der Waals surface area contributed by atoms with Gasteiger partial charge < -0.3 is 9.84 Å². The van der Waals surface area contributed by atoms with Crippen LogP contribution in [-0.2, 0) is 4.74 Å². The Hall–Kier alpha value is 0.137. The summed E-state index contributed by atoms with van der Waals surface area (Å²) in [5.41, 5.74) is 0. The molecule has 1 N–H and O–H groups in total. The molecule has 2 nitrogen and oxygen atoms in total. The summed E-state index contributed by atoms with van der Waals surface area (Å²) in [6.45, 7) is 1.29. The first kappa shape index (κ1) is 10.2. The topological polar surface area (TPSA) is 29.5 Å². The smallest absolute Gasteiger partial charge is 0.0486 e. The monoisotopic (exact) mass is 188 g/mol. The maximum Gasteiger partial charge on any atom is 0.0486 e. The van der Waals surface area contributed by atoms with E-state index in [2.05, 4.69) is 0 Å². The molecule has 3 heteroatoms. The van der Waals surface area contributed by atoms with Crippen LogP contribution in [-0.4, -0.2) is 33.8 Å². The van der Waals surface area contributed by atoms with Crippen LogP contribution in [0.5, 0.6) is 0 Å². The molecule has 1 saturated heterocycles. The molecule has 0 saturated carbocycles. The molecule has 72 valence electrons. The fourth-order valence-corrected chi connectivity index (χ4v) is 2.71. The minimum atomic E-state index is 0.257. The van der Waals surface area contributed by atoms with Crippen molar-refractivity contribution in [1.82, 2.24) is 0 Å². The van der Waals surface area contributed by atoms with Crippen LogP contribution in [0.2, 0.25) is 0 Å². The highest BCUT2D eigenvalue weighted by Gasteiger charge is 2.26. The van der Waals surface area contributed by atoms with Crippen molar-refractivity contribution >= 4 is 10.2 Å². The number of hydrogen-bond donors (Lipinski definition) is 1. The van der Waals surface area contributed by atoms with Crippen LogP contribution in [0.3, 0.4) is 0 Å². The van der Waals surface area contributed by atoms with Gasteiger partial charge in [0, 0.05) is 28.7 Å². The second-order valence-electron chi connectivity index (χ2n) is 3.94. The van der Waals surface area contributed by atoms with E-state index in [1.165, 1.54) is 25.7 Å². The molecule has 0 aliphatic carbocycles. The molecule has 12 heavy (non-hydrogen) atoms. The summed E-state index contributed by atoms with van der Waals surface area (Å²) in [5.74, 6) is 0. The Morgan fingerprint density at radius 3 is 2.75 bits per heavy atom. The van der Waals surface area contributed by atoms with Crippen molar-refractivity contribution in [2.24, 2.45) is 0 Å². The highest BCUT2D eigenvalue weighted by atomic mass is 28.1. The largest absolute Gasteiger partial charge is 0.396 e. The number of rotatable bonds is 4. The molecular formula is C9H20O2Si. The van der Waals surface area contributed by atoms with Gasteiger partial charge in [-0.2, -0.15) is 0 Å². The summed E-state index contributed by atoms with van der Waals surface area (Å²) in [6, 6.07) is 0. The van der Waals surface area contributed by atoms with E-state index in [-0.39, 0.29) is 5.22 Å². The van der Waals surface area contributed by atoms with Crippen LogP contribution in [0.15, 0.2) is 0 Å². The fourth-order valence-electron chi connectivity index (χ4n) is 1.80. The van der Waals surface area contributed by atoms with Crippen LogP contribution < -0.4 is 0 Å². The van der Waals surface area contributed by atoms with Gasteiger partial charge in [0.1, 0.15) is 0 Å². The lowest BCUT2D eigenvalue weighted by molar-refractivity contribution is -0.0243. The third-order valence-corrected chi connectivity index (χ3v) is 3.95. The maximum atomic E-state index is 8.65. The van der Waals surface area contributed by atoms with Crippen molar-refractivity contribution in [1.29, 1.82) is 0 Å². The van der Waals surface area contributed by atoms with Gasteiger partial charge in [0.05, 0.1) is 0 Å². The minimum absolute atomic E-state index is 0.257. The van der Waals surface area contributed by atoms with Gasteiger partial charge in [-0.05, 0) is 38.5 Å². The molecule has 0 amide bonds. The van der Waals surface area contributed by atoms with Gasteiger partial charge in [-0.15, -0.1) is 0 Å². The highest BCUT2D eigenvalue weighted by molar-refractivity contribution is 6.14. The quantitative estimate of drug-likeness (QED) is 0.511. The third-order valence-electron chi connectivity index (χ3n) is 2.66. The molecule has 0 aromatic heterocycles. The van der Waals surface area contributed by atoms with Crippen molar-refractivity contribution in [2.45, 2.75) is 43.7 Å². The van der Waals surface area contributed by atoms with Gasteiger partial charge in [0.15, 0.2) is 0 Å². The summed E-state index contributed by atoms with van der Waals surface area (Å²) in [5, 5.41) is 8.91. The molecule has 0 bridgehead atoms. The van der Waals surface area contributed by atoms with Gasteiger partial charge in [-0.3, -0.25) is 0 Å². The highest BCUT2D eigenvalue weighted by Crippen LogP contribution is 2.26. The first-order chi connectivity index (χ1) is 5.77. The molecule has 1 aliphatic rings. The van der Waals surface area contributed by atoms with Crippen LogP contribution in [0, 0.1) is 0 Å². The van der Waals surface area contributed by atoms with Crippen LogP contribution in [0.25, 0.3) is 0 Å². The Morgan fingerprint density at radius 2 is 2.17 bits per heavy atom. The van der Waals surface area contributed by atoms with Crippen LogP contribution in [0.4, 0.5) is 0 Å². The first-order valence-corrected chi connectivity index (χ1v) is 6.02. The Morgan fingerprint density at radius 1 is 1.33 bits per heavy atom. The summed E-state index contributed by atoms with van der Waals surface area (Å²) in [4.78, 5) is 0. The Balaban J connectivity index is 2.17. The van der Waals surface area contributed by atoms with Crippen molar-refractivity contribution in [2.75, 3.05) is 13.2 Å². The lowest BCUT2D eigenvalue weighted by Gasteiger charge is -2.34. The lowest BCUT2D eigenvalue weighted by Crippen LogP contribution is -2.36. The number of aliphatic hydroxyl groups is 1. The predicted molar refractivity (Wildman–Crippen MR) is 53.4 cm³/mol. The van der Waals surface area contributed by atoms with E-state index in [1.807, 2.05) is 0 Å². The average Bonchev–Trinajstić information content (AvgIpc) is 2.06. The summed E-state index contributed by atoms with van der Waals surface area (Å²) >= 11 is 0. The van der Waals surface area contributed by atoms with Crippen molar-refractivity contribution in [3.8, 4) is 0 Å². The van der Waals surface area contributed by atoms with E-state index in [1.54, 1.807) is 0 Å². The van der Waals surface area contributed by atoms with E-state index < -0.39 is 0 Å². The maximum absolute atomic E-state index is 8.65. The van der Waals surface area contributed by atoms with Crippen molar-refractivity contribution in [3.63, 3.8) is 0 Å². The first-order valence-electron chi connectivity index (χ1n) is 5.02. The van der Waals surface area contributed by atoms with E-state index in [0.717, 1.165) is 29.7 Å². The normalized spacial score (nSPS) is 30.8. The number of unbranched alkanes of at least 4 members (excludes halogenated alkanes) is 1. The zero-order valence-corrected chi connectivity index (χ0v) is 10.0. The second kappa shape index (κ2) is 4.99. The van der Waals surface area contributed by atoms with Gasteiger partial charge in [0.25, 0.3) is 0 Å². The van der Waals surface area contributed by atoms with Crippen LogP contribution >= 0.6 is 0 Å². The van der Waals surface area contributed by atoms with Crippen molar-refractivity contribution in [3.05, 3.63) is 0 Å². The summed E-state index contributed by atoms with van der Waals surface area (Å²) < 4.78 is 5.79. The van der Waals surface area contributed by atoms with E-state index in [4.69, 9.17) is 9.84 Å². The van der Waals surface area contributed by atoms with E-state index in [0.29, 0.717) is 6.61 Å². The van der Waals surface area contributed by atoms with Gasteiger partial charge in [-0.1, -0.05) is 0 Å². The summed E-state index contributed by atoms with van der Waals surface area (Å²) in [6.07, 6.45) is 7.06. The van der Waals surface area contributed by atoms with E-state index in [9.17, 15) is 0 Å². The Labute approximate surface area is 77.7 Å². The zero-order valence-electron chi connectivity index (χ0n) is 8.01. The molecule has 1 heterocycles. The zero-order chi connectivity index (χ0) is 8.86. The number of ether oxygens (including phenoxy) is 1. The molecule has 0 radical (unpaired) electrons. The SMILES string of the molecule is OCCCCC1([SiH3])CCCCO1. The Bertz CT molecular complexity index is 122. The Kier molecular flexibility index (Phi) is 4.25. The van der Waals surface area contributed by atoms with Crippen molar-refractivity contribution < 1.29 is 9.84 Å². The third kappa shape index (κ3) is 3.25. The standard InChI is InChI=1S/C9H20O2Si/c10-7-3-1-5-9(12)6-2-4-8-11-9/h10H,1-8H2,12H3. The number of aliphatic hydroxyl groups excluding tert-OH is 1. The second-order valence-corrected chi connectivity index (χ2v) is 5.76. The predicted octanol–water partition coefficient (Wildman–Crippen LogP) is 0.411. The molecule has 0 spiro atoms. The fraction of sp³-hybridized carbons (Fsp3) is 1.00. The molecule has 1 aliphatic heterocycles. The molecule has 0 aromatic carbocycles. The molecule has 1 unspecified atom stereocenters. The molecule has 1 fully saturated rings. The van der Waals surface area contributed by atoms with Gasteiger partial charge >= 0.3 is 0 Å². The number of hydrogen-bond acceptors (Lipinski definition) is 2. The average molecular weight is 188 g/mol. The molecular weight excluding hydrogens is 168 g/mol. The van der Waals surface area contributed by atoms with Crippen LogP contribution in [0.1, 0.15) is 38.5 Å². The summed E-state index contributed by atoms with van der Waals surface area (Å²) in [7, 11) is 1.14. The molecule has 0 aromatic rings. The molecule has 1 atom stereocenters. The van der Waals surface area contributed by atoms with E-state index >= 15 is 0 Å². The molecule has 1 rings (SSSR count).